The number of benzene rings is 4. The van der Waals surface area contributed by atoms with Crippen LogP contribution in [0.3, 0.4) is 0 Å². The summed E-state index contributed by atoms with van der Waals surface area (Å²) in [6.07, 6.45) is 0. The van der Waals surface area contributed by atoms with Crippen LogP contribution < -0.4 is 9.47 Å². The molecule has 0 aromatic heterocycles. The molecule has 31 heavy (non-hydrogen) atoms. The lowest BCUT2D eigenvalue weighted by molar-refractivity contribution is 0.464. The first kappa shape index (κ1) is 20.3. The van der Waals surface area contributed by atoms with Crippen LogP contribution in [0, 0.1) is 0 Å². The number of ether oxygens (including phenoxy) is 2. The number of hydrogen-bond donors (Lipinski definition) is 2. The van der Waals surface area contributed by atoms with Gasteiger partial charge in [0.25, 0.3) is 0 Å². The Morgan fingerprint density at radius 2 is 0.710 bits per heavy atom. The molecule has 0 aliphatic heterocycles. The molecule has 0 atom stereocenters. The minimum atomic E-state index is -3.71. The van der Waals surface area contributed by atoms with Crippen LogP contribution >= 0.6 is 0 Å². The summed E-state index contributed by atoms with van der Waals surface area (Å²) in [4.78, 5) is 0.274. The molecule has 0 unspecified atom stereocenters. The largest absolute Gasteiger partial charge is 0.508 e. The molecule has 4 rings (SSSR count). The summed E-state index contributed by atoms with van der Waals surface area (Å²) in [5.74, 6) is 2.27. The van der Waals surface area contributed by atoms with Crippen molar-refractivity contribution in [3.8, 4) is 34.5 Å². The van der Waals surface area contributed by atoms with Crippen molar-refractivity contribution in [3.05, 3.63) is 97.1 Å². The number of aromatic hydroxyl groups is 2. The van der Waals surface area contributed by atoms with Gasteiger partial charge in [-0.15, -0.1) is 0 Å². The fourth-order valence-corrected chi connectivity index (χ4v) is 4.07. The summed E-state index contributed by atoms with van der Waals surface area (Å²) in [5.41, 5.74) is 0. The van der Waals surface area contributed by atoms with E-state index in [1.165, 1.54) is 48.5 Å². The van der Waals surface area contributed by atoms with E-state index >= 15 is 0 Å². The summed E-state index contributed by atoms with van der Waals surface area (Å²) >= 11 is 0. The molecule has 156 valence electrons. The van der Waals surface area contributed by atoms with Crippen LogP contribution in [0.15, 0.2) is 107 Å². The molecule has 0 aliphatic carbocycles. The van der Waals surface area contributed by atoms with E-state index in [1.54, 1.807) is 48.5 Å². The van der Waals surface area contributed by atoms with E-state index in [0.717, 1.165) is 0 Å². The molecule has 4 aromatic rings. The third-order valence-electron chi connectivity index (χ3n) is 4.41. The van der Waals surface area contributed by atoms with E-state index in [2.05, 4.69) is 0 Å². The number of rotatable bonds is 6. The van der Waals surface area contributed by atoms with Gasteiger partial charge >= 0.3 is 0 Å². The molecule has 6 nitrogen and oxygen atoms in total. The van der Waals surface area contributed by atoms with Gasteiger partial charge in [-0.25, -0.2) is 8.42 Å². The molecular weight excluding hydrogens is 416 g/mol. The van der Waals surface area contributed by atoms with E-state index in [4.69, 9.17) is 9.47 Å². The maximum atomic E-state index is 12.9. The van der Waals surface area contributed by atoms with Crippen LogP contribution in [0.2, 0.25) is 0 Å². The van der Waals surface area contributed by atoms with Crippen LogP contribution in [0.5, 0.6) is 34.5 Å². The van der Waals surface area contributed by atoms with Gasteiger partial charge in [0.1, 0.15) is 34.5 Å². The van der Waals surface area contributed by atoms with E-state index < -0.39 is 9.84 Å². The van der Waals surface area contributed by atoms with Crippen molar-refractivity contribution in [3.63, 3.8) is 0 Å². The molecular formula is C24H18O6S. The maximum absolute atomic E-state index is 12.9. The molecule has 0 saturated carbocycles. The maximum Gasteiger partial charge on any atom is 0.206 e. The van der Waals surface area contributed by atoms with Gasteiger partial charge < -0.3 is 19.7 Å². The molecule has 0 amide bonds. The Labute approximate surface area is 179 Å². The SMILES string of the molecule is O=S(=O)(c1ccc(Oc2ccc(O)cc2)cc1)c1ccc(Oc2ccc(O)cc2)cc1. The summed E-state index contributed by atoms with van der Waals surface area (Å²) in [6, 6.07) is 24.7. The zero-order valence-corrected chi connectivity index (χ0v) is 17.0. The minimum absolute atomic E-state index is 0.133. The Morgan fingerprint density at radius 1 is 0.452 bits per heavy atom. The Balaban J connectivity index is 1.48. The van der Waals surface area contributed by atoms with Gasteiger partial charge in [0.05, 0.1) is 9.79 Å². The van der Waals surface area contributed by atoms with Crippen LogP contribution in [0.4, 0.5) is 0 Å². The second-order valence-electron chi connectivity index (χ2n) is 6.64. The first-order chi connectivity index (χ1) is 14.9. The van der Waals surface area contributed by atoms with Crippen molar-refractivity contribution in [2.45, 2.75) is 9.79 Å². The highest BCUT2D eigenvalue weighted by Crippen LogP contribution is 2.29. The Kier molecular flexibility index (Phi) is 5.51. The second kappa shape index (κ2) is 8.41. The van der Waals surface area contributed by atoms with Gasteiger partial charge in [-0.3, -0.25) is 0 Å². The molecule has 0 saturated heterocycles. The lowest BCUT2D eigenvalue weighted by Gasteiger charge is -2.09. The fraction of sp³-hybridized carbons (Fsp3) is 0. The summed E-state index contributed by atoms with van der Waals surface area (Å²) < 4.78 is 37.1. The number of phenolic OH excluding ortho intramolecular Hbond substituents is 2. The lowest BCUT2D eigenvalue weighted by atomic mass is 10.3. The number of hydrogen-bond acceptors (Lipinski definition) is 6. The predicted octanol–water partition coefficient (Wildman–Crippen LogP) is 5.52. The molecule has 4 aromatic carbocycles. The number of sulfone groups is 1. The Hall–Kier alpha value is -3.97. The van der Waals surface area contributed by atoms with Crippen molar-refractivity contribution in [1.29, 1.82) is 0 Å². The lowest BCUT2D eigenvalue weighted by Crippen LogP contribution is -2.01. The Bertz CT molecular complexity index is 1170. The Morgan fingerprint density at radius 3 is 1.00 bits per heavy atom. The highest BCUT2D eigenvalue weighted by atomic mass is 32.2. The minimum Gasteiger partial charge on any atom is -0.508 e. The zero-order valence-electron chi connectivity index (χ0n) is 16.2. The second-order valence-corrected chi connectivity index (χ2v) is 8.59. The first-order valence-corrected chi connectivity index (χ1v) is 10.8. The zero-order chi connectivity index (χ0) is 21.8. The number of phenols is 2. The topological polar surface area (TPSA) is 93.1 Å². The van der Waals surface area contributed by atoms with Gasteiger partial charge in [-0.2, -0.15) is 0 Å². The molecule has 0 bridgehead atoms. The van der Waals surface area contributed by atoms with E-state index in [1.807, 2.05) is 0 Å². The molecule has 0 aliphatic rings. The van der Waals surface area contributed by atoms with Gasteiger partial charge in [-0.1, -0.05) is 0 Å². The monoisotopic (exact) mass is 434 g/mol. The fourth-order valence-electron chi connectivity index (χ4n) is 2.81. The van der Waals surface area contributed by atoms with Crippen molar-refractivity contribution in [2.75, 3.05) is 0 Å². The highest BCUT2D eigenvalue weighted by molar-refractivity contribution is 7.91. The van der Waals surface area contributed by atoms with Crippen molar-refractivity contribution < 1.29 is 28.1 Å². The van der Waals surface area contributed by atoms with E-state index in [-0.39, 0.29) is 21.3 Å². The summed E-state index contributed by atoms with van der Waals surface area (Å²) in [7, 11) is -3.71. The van der Waals surface area contributed by atoms with Crippen molar-refractivity contribution in [1.82, 2.24) is 0 Å². The quantitative estimate of drug-likeness (QED) is 0.415. The van der Waals surface area contributed by atoms with Crippen molar-refractivity contribution in [2.24, 2.45) is 0 Å². The van der Waals surface area contributed by atoms with Crippen LogP contribution in [0.25, 0.3) is 0 Å². The van der Waals surface area contributed by atoms with Gasteiger partial charge in [0.2, 0.25) is 9.84 Å². The molecule has 0 heterocycles. The highest BCUT2D eigenvalue weighted by Gasteiger charge is 2.18. The third kappa shape index (κ3) is 4.79. The van der Waals surface area contributed by atoms with Gasteiger partial charge in [-0.05, 0) is 97.1 Å². The first-order valence-electron chi connectivity index (χ1n) is 9.29. The average Bonchev–Trinajstić information content (AvgIpc) is 2.78. The predicted molar refractivity (Wildman–Crippen MR) is 115 cm³/mol. The summed E-state index contributed by atoms with van der Waals surface area (Å²) in [6.45, 7) is 0. The van der Waals surface area contributed by atoms with Gasteiger partial charge in [0.15, 0.2) is 0 Å². The van der Waals surface area contributed by atoms with Crippen molar-refractivity contribution >= 4 is 9.84 Å². The van der Waals surface area contributed by atoms with Crippen LogP contribution in [-0.4, -0.2) is 18.6 Å². The summed E-state index contributed by atoms with van der Waals surface area (Å²) in [5, 5.41) is 18.6. The molecule has 0 fully saturated rings. The standard InChI is InChI=1S/C24H18O6S/c25-17-1-5-19(6-2-17)29-21-9-13-23(14-10-21)31(27,28)24-15-11-22(12-16-24)30-20-7-3-18(26)4-8-20/h1-16,25-26H. The molecule has 2 N–H and O–H groups in total. The molecule has 0 radical (unpaired) electrons. The van der Waals surface area contributed by atoms with Crippen LogP contribution in [0.1, 0.15) is 0 Å². The smallest absolute Gasteiger partial charge is 0.206 e. The van der Waals surface area contributed by atoms with Crippen LogP contribution in [-0.2, 0) is 9.84 Å². The van der Waals surface area contributed by atoms with E-state index in [9.17, 15) is 18.6 Å². The third-order valence-corrected chi connectivity index (χ3v) is 6.20. The average molecular weight is 434 g/mol. The molecule has 7 heteroatoms. The van der Waals surface area contributed by atoms with Gasteiger partial charge in [0, 0.05) is 0 Å². The van der Waals surface area contributed by atoms with E-state index in [0.29, 0.717) is 23.0 Å². The normalized spacial score (nSPS) is 11.1. The molecule has 0 spiro atoms.